The van der Waals surface area contributed by atoms with E-state index in [0.29, 0.717) is 0 Å². The van der Waals surface area contributed by atoms with Crippen LogP contribution < -0.4 is 9.64 Å². The summed E-state index contributed by atoms with van der Waals surface area (Å²) < 4.78 is 45.6. The van der Waals surface area contributed by atoms with Crippen LogP contribution in [0.4, 0.5) is 14.9 Å². The predicted octanol–water partition coefficient (Wildman–Crippen LogP) is 2.05. The summed E-state index contributed by atoms with van der Waals surface area (Å²) in [4.78, 5) is 26.4. The van der Waals surface area contributed by atoms with Gasteiger partial charge in [0.1, 0.15) is 24.7 Å². The van der Waals surface area contributed by atoms with E-state index < -0.39 is 27.8 Å². The Hall–Kier alpha value is -2.98. The summed E-state index contributed by atoms with van der Waals surface area (Å²) in [6.45, 7) is -0.387. The Morgan fingerprint density at radius 1 is 1.14 bits per heavy atom. The first kappa shape index (κ1) is 20.7. The van der Waals surface area contributed by atoms with Crippen molar-refractivity contribution >= 4 is 27.6 Å². The number of rotatable bonds is 6. The van der Waals surface area contributed by atoms with Crippen molar-refractivity contribution in [3.05, 3.63) is 53.8 Å². The summed E-state index contributed by atoms with van der Waals surface area (Å²) in [6, 6.07) is 9.44. The molecule has 1 aliphatic heterocycles. The number of sulfonamides is 1. The number of carbonyl (C=O) groups is 2. The average molecular weight is 421 g/mol. The predicted molar refractivity (Wildman–Crippen MR) is 104 cm³/mol. The molecule has 1 fully saturated rings. The third-order valence-corrected chi connectivity index (χ3v) is 6.34. The summed E-state index contributed by atoms with van der Waals surface area (Å²) >= 11 is 0. The van der Waals surface area contributed by atoms with Crippen LogP contribution in [0, 0.1) is 5.82 Å². The molecule has 3 amide bonds. The molecule has 29 heavy (non-hydrogen) atoms. The molecule has 0 bridgehead atoms. The number of anilines is 1. The maximum atomic E-state index is 13.9. The minimum absolute atomic E-state index is 0.0487. The third kappa shape index (κ3) is 3.94. The number of hydrogen-bond donors (Lipinski definition) is 0. The van der Waals surface area contributed by atoms with E-state index in [1.165, 1.54) is 56.4 Å². The Kier molecular flexibility index (Phi) is 5.58. The molecule has 3 rings (SSSR count). The van der Waals surface area contributed by atoms with Crippen molar-refractivity contribution < 1.29 is 27.1 Å². The number of urea groups is 1. The lowest BCUT2D eigenvalue weighted by Gasteiger charge is -2.21. The van der Waals surface area contributed by atoms with E-state index in [1.54, 1.807) is 12.1 Å². The second-order valence-corrected chi connectivity index (χ2v) is 8.77. The van der Waals surface area contributed by atoms with Crippen LogP contribution in [0.2, 0.25) is 0 Å². The molecule has 0 spiro atoms. The van der Waals surface area contributed by atoms with Gasteiger partial charge in [0.05, 0.1) is 10.6 Å². The molecule has 1 saturated heterocycles. The van der Waals surface area contributed by atoms with Gasteiger partial charge in [-0.1, -0.05) is 18.2 Å². The molecule has 0 unspecified atom stereocenters. The molecule has 154 valence electrons. The highest BCUT2D eigenvalue weighted by Crippen LogP contribution is 2.34. The Labute approximate surface area is 168 Å². The minimum atomic E-state index is -3.77. The molecule has 0 aromatic heterocycles. The van der Waals surface area contributed by atoms with E-state index in [0.717, 1.165) is 9.21 Å². The van der Waals surface area contributed by atoms with Gasteiger partial charge in [0, 0.05) is 32.8 Å². The van der Waals surface area contributed by atoms with E-state index in [-0.39, 0.29) is 35.0 Å². The standard InChI is InChI=1S/C19H20FN3O5S/c1-21(2)29(26,27)14-8-9-16(23-11-18(24)22(3)19(23)25)17(10-14)28-12-13-6-4-5-7-15(13)20/h4-10H,11-12H2,1-3H3. The molecule has 8 nitrogen and oxygen atoms in total. The summed E-state index contributed by atoms with van der Waals surface area (Å²) in [5.41, 5.74) is 0.488. The molecular weight excluding hydrogens is 401 g/mol. The molecule has 2 aromatic carbocycles. The maximum Gasteiger partial charge on any atom is 0.331 e. The quantitative estimate of drug-likeness (QED) is 0.667. The Bertz CT molecular complexity index is 1070. The zero-order chi connectivity index (χ0) is 21.3. The maximum absolute atomic E-state index is 13.9. The van der Waals surface area contributed by atoms with Crippen molar-refractivity contribution in [2.45, 2.75) is 11.5 Å². The Morgan fingerprint density at radius 2 is 1.83 bits per heavy atom. The second-order valence-electron chi connectivity index (χ2n) is 6.62. The molecule has 0 aliphatic carbocycles. The van der Waals surface area contributed by atoms with Crippen LogP contribution in [0.15, 0.2) is 47.4 Å². The van der Waals surface area contributed by atoms with Crippen LogP contribution in [0.1, 0.15) is 5.56 Å². The van der Waals surface area contributed by atoms with Crippen molar-refractivity contribution in [3.63, 3.8) is 0 Å². The highest BCUT2D eigenvalue weighted by molar-refractivity contribution is 7.89. The van der Waals surface area contributed by atoms with E-state index >= 15 is 0 Å². The summed E-state index contributed by atoms with van der Waals surface area (Å²) in [5, 5.41) is 0. The third-order valence-electron chi connectivity index (χ3n) is 4.53. The molecule has 0 atom stereocenters. The van der Waals surface area contributed by atoms with Gasteiger partial charge in [0.25, 0.3) is 0 Å². The first-order chi connectivity index (χ1) is 13.6. The van der Waals surface area contributed by atoms with Gasteiger partial charge in [-0.15, -0.1) is 0 Å². The van der Waals surface area contributed by atoms with Gasteiger partial charge in [-0.25, -0.2) is 21.9 Å². The average Bonchev–Trinajstić information content (AvgIpc) is 2.94. The highest BCUT2D eigenvalue weighted by Gasteiger charge is 2.36. The summed E-state index contributed by atoms with van der Waals surface area (Å²) in [5.74, 6) is -0.828. The lowest BCUT2D eigenvalue weighted by molar-refractivity contribution is -0.123. The van der Waals surface area contributed by atoms with Gasteiger partial charge in [-0.05, 0) is 18.2 Å². The van der Waals surface area contributed by atoms with Crippen molar-refractivity contribution in [2.75, 3.05) is 32.6 Å². The van der Waals surface area contributed by atoms with Gasteiger partial charge in [0.2, 0.25) is 15.9 Å². The van der Waals surface area contributed by atoms with Crippen LogP contribution in [-0.2, 0) is 21.4 Å². The Balaban J connectivity index is 2.02. The number of hydrogen-bond acceptors (Lipinski definition) is 5. The highest BCUT2D eigenvalue weighted by atomic mass is 32.2. The van der Waals surface area contributed by atoms with E-state index in [9.17, 15) is 22.4 Å². The zero-order valence-electron chi connectivity index (χ0n) is 16.1. The van der Waals surface area contributed by atoms with Gasteiger partial charge < -0.3 is 4.74 Å². The topological polar surface area (TPSA) is 87.2 Å². The second kappa shape index (κ2) is 7.80. The monoisotopic (exact) mass is 421 g/mol. The number of nitrogens with zero attached hydrogens (tertiary/aromatic N) is 3. The van der Waals surface area contributed by atoms with Crippen molar-refractivity contribution in [1.82, 2.24) is 9.21 Å². The van der Waals surface area contributed by atoms with Crippen LogP contribution in [-0.4, -0.2) is 57.2 Å². The summed E-state index contributed by atoms with van der Waals surface area (Å²) in [6.07, 6.45) is 0. The van der Waals surface area contributed by atoms with Crippen LogP contribution in [0.5, 0.6) is 5.75 Å². The van der Waals surface area contributed by atoms with Gasteiger partial charge in [0.15, 0.2) is 0 Å². The SMILES string of the molecule is CN1C(=O)CN(c2ccc(S(=O)(=O)N(C)C)cc2OCc2ccccc2F)C1=O. The van der Waals surface area contributed by atoms with Crippen LogP contribution >= 0.6 is 0 Å². The van der Waals surface area contributed by atoms with Crippen molar-refractivity contribution in [3.8, 4) is 5.75 Å². The number of carbonyl (C=O) groups excluding carboxylic acids is 2. The fraction of sp³-hybridized carbons (Fsp3) is 0.263. The van der Waals surface area contributed by atoms with E-state index in [1.807, 2.05) is 0 Å². The lowest BCUT2D eigenvalue weighted by atomic mass is 10.2. The Morgan fingerprint density at radius 3 is 2.41 bits per heavy atom. The number of amides is 3. The number of halogens is 1. The minimum Gasteiger partial charge on any atom is -0.487 e. The normalized spacial score (nSPS) is 14.8. The smallest absolute Gasteiger partial charge is 0.331 e. The molecule has 0 saturated carbocycles. The molecule has 1 heterocycles. The first-order valence-corrected chi connectivity index (χ1v) is 10.1. The zero-order valence-corrected chi connectivity index (χ0v) is 16.9. The molecule has 0 radical (unpaired) electrons. The van der Waals surface area contributed by atoms with E-state index in [2.05, 4.69) is 0 Å². The van der Waals surface area contributed by atoms with Gasteiger partial charge >= 0.3 is 6.03 Å². The molecule has 1 aliphatic rings. The lowest BCUT2D eigenvalue weighted by Crippen LogP contribution is -2.30. The van der Waals surface area contributed by atoms with Crippen LogP contribution in [0.25, 0.3) is 0 Å². The first-order valence-electron chi connectivity index (χ1n) is 8.63. The van der Waals surface area contributed by atoms with Crippen molar-refractivity contribution in [1.29, 1.82) is 0 Å². The molecule has 10 heteroatoms. The molecule has 2 aromatic rings. The number of benzene rings is 2. The fourth-order valence-electron chi connectivity index (χ4n) is 2.76. The molecular formula is C19H20FN3O5S. The largest absolute Gasteiger partial charge is 0.487 e. The summed E-state index contributed by atoms with van der Waals surface area (Å²) in [7, 11) is 0.368. The van der Waals surface area contributed by atoms with Gasteiger partial charge in [-0.3, -0.25) is 14.6 Å². The number of imide groups is 1. The van der Waals surface area contributed by atoms with Gasteiger partial charge in [-0.2, -0.15) is 0 Å². The van der Waals surface area contributed by atoms with Crippen molar-refractivity contribution in [2.24, 2.45) is 0 Å². The van der Waals surface area contributed by atoms with Crippen LogP contribution in [0.3, 0.4) is 0 Å². The molecule has 0 N–H and O–H groups in total. The van der Waals surface area contributed by atoms with E-state index in [4.69, 9.17) is 4.74 Å². The number of ether oxygens (including phenoxy) is 1. The fourth-order valence-corrected chi connectivity index (χ4v) is 3.68. The number of likely N-dealkylation sites (N-methyl/N-ethyl adjacent to an activating group) is 1.